The lowest BCUT2D eigenvalue weighted by molar-refractivity contribution is 0.0697. The Morgan fingerprint density at radius 2 is 2.12 bits per heavy atom. The summed E-state index contributed by atoms with van der Waals surface area (Å²) in [5, 5.41) is 0. The summed E-state index contributed by atoms with van der Waals surface area (Å²) in [6.45, 7) is 2.00. The van der Waals surface area contributed by atoms with Crippen molar-refractivity contribution in [1.29, 1.82) is 0 Å². The minimum absolute atomic E-state index is 0.0344. The smallest absolute Gasteiger partial charge is 0.289 e. The predicted molar refractivity (Wildman–Crippen MR) is 87.6 cm³/mol. The van der Waals surface area contributed by atoms with Gasteiger partial charge in [0.2, 0.25) is 10.0 Å². The van der Waals surface area contributed by atoms with Crippen molar-refractivity contribution in [2.75, 3.05) is 20.6 Å². The maximum Gasteiger partial charge on any atom is 0.289 e. The van der Waals surface area contributed by atoms with Crippen LogP contribution in [0.1, 0.15) is 27.6 Å². The SMILES string of the molecule is Cc1oc(C(=O)N2CCc3c(nc[nH]c3=O)C2)cc1S(=O)(=O)N(C)C. The van der Waals surface area contributed by atoms with Crippen LogP contribution in [0.15, 0.2) is 26.5 Å². The normalized spacial score (nSPS) is 14.6. The van der Waals surface area contributed by atoms with E-state index in [4.69, 9.17) is 4.42 Å². The molecular weight excluding hydrogens is 348 g/mol. The first-order chi connectivity index (χ1) is 11.7. The topological polar surface area (TPSA) is 117 Å². The Hall–Kier alpha value is -2.46. The number of hydrogen-bond acceptors (Lipinski definition) is 6. The summed E-state index contributed by atoms with van der Waals surface area (Å²) in [5.41, 5.74) is 0.899. The van der Waals surface area contributed by atoms with Gasteiger partial charge in [0.25, 0.3) is 11.5 Å². The summed E-state index contributed by atoms with van der Waals surface area (Å²) in [6.07, 6.45) is 1.68. The van der Waals surface area contributed by atoms with E-state index >= 15 is 0 Å². The highest BCUT2D eigenvalue weighted by Gasteiger charge is 2.30. The number of nitrogens with one attached hydrogen (secondary N) is 1. The summed E-state index contributed by atoms with van der Waals surface area (Å²) >= 11 is 0. The third-order valence-electron chi connectivity index (χ3n) is 4.14. The molecule has 0 bridgehead atoms. The lowest BCUT2D eigenvalue weighted by Gasteiger charge is -2.26. The minimum atomic E-state index is -3.69. The molecule has 134 valence electrons. The number of amides is 1. The Bertz CT molecular complexity index is 990. The summed E-state index contributed by atoms with van der Waals surface area (Å²) in [5.74, 6) is -0.328. The second-order valence-electron chi connectivity index (χ2n) is 5.95. The van der Waals surface area contributed by atoms with Gasteiger partial charge >= 0.3 is 0 Å². The number of aromatic amines is 1. The number of carbonyl (C=O) groups is 1. The molecule has 0 aromatic carbocycles. The zero-order valence-corrected chi connectivity index (χ0v) is 14.9. The molecule has 1 aliphatic heterocycles. The van der Waals surface area contributed by atoms with Crippen LogP contribution >= 0.6 is 0 Å². The molecule has 0 saturated carbocycles. The fourth-order valence-electron chi connectivity index (χ4n) is 2.72. The average Bonchev–Trinajstić information content (AvgIpc) is 2.96. The van der Waals surface area contributed by atoms with E-state index in [-0.39, 0.29) is 28.5 Å². The van der Waals surface area contributed by atoms with E-state index in [1.165, 1.54) is 38.3 Å². The monoisotopic (exact) mass is 366 g/mol. The molecule has 1 amide bonds. The zero-order valence-electron chi connectivity index (χ0n) is 14.1. The van der Waals surface area contributed by atoms with Gasteiger partial charge in [-0.1, -0.05) is 0 Å². The Morgan fingerprint density at radius 3 is 2.80 bits per heavy atom. The fraction of sp³-hybridized carbons (Fsp3) is 0.400. The van der Waals surface area contributed by atoms with Gasteiger partial charge in [-0.15, -0.1) is 0 Å². The summed E-state index contributed by atoms with van der Waals surface area (Å²) < 4.78 is 31.0. The molecule has 2 aromatic rings. The van der Waals surface area contributed by atoms with Crippen molar-refractivity contribution in [3.05, 3.63) is 45.5 Å². The molecule has 0 unspecified atom stereocenters. The van der Waals surface area contributed by atoms with Crippen LogP contribution in [-0.4, -0.2) is 54.1 Å². The Kier molecular flexibility index (Phi) is 4.25. The zero-order chi connectivity index (χ0) is 18.4. The fourth-order valence-corrected chi connectivity index (χ4v) is 3.77. The molecule has 1 aliphatic rings. The molecular formula is C15H18N4O5S. The van der Waals surface area contributed by atoms with E-state index in [0.717, 1.165) is 4.31 Å². The highest BCUT2D eigenvalue weighted by Crippen LogP contribution is 2.24. The number of aromatic nitrogens is 2. The number of fused-ring (bicyclic) bond motifs is 1. The van der Waals surface area contributed by atoms with Crippen LogP contribution in [-0.2, 0) is 23.0 Å². The molecule has 9 nitrogen and oxygen atoms in total. The van der Waals surface area contributed by atoms with Crippen LogP contribution in [0.25, 0.3) is 0 Å². The van der Waals surface area contributed by atoms with Crippen LogP contribution in [0.5, 0.6) is 0 Å². The first-order valence-electron chi connectivity index (χ1n) is 7.59. The number of nitrogens with zero attached hydrogens (tertiary/aromatic N) is 3. The van der Waals surface area contributed by atoms with Gasteiger partial charge in [-0.25, -0.2) is 17.7 Å². The van der Waals surface area contributed by atoms with Crippen molar-refractivity contribution in [2.24, 2.45) is 0 Å². The molecule has 0 radical (unpaired) electrons. The van der Waals surface area contributed by atoms with Gasteiger partial charge in [-0.2, -0.15) is 0 Å². The number of aryl methyl sites for hydroxylation is 1. The van der Waals surface area contributed by atoms with Gasteiger partial charge in [0.1, 0.15) is 10.7 Å². The molecule has 2 aromatic heterocycles. The highest BCUT2D eigenvalue weighted by molar-refractivity contribution is 7.89. The molecule has 0 aliphatic carbocycles. The summed E-state index contributed by atoms with van der Waals surface area (Å²) in [4.78, 5) is 32.5. The van der Waals surface area contributed by atoms with Crippen LogP contribution in [0, 0.1) is 6.92 Å². The van der Waals surface area contributed by atoms with Crippen LogP contribution < -0.4 is 5.56 Å². The van der Waals surface area contributed by atoms with Gasteiger partial charge in [0.05, 0.1) is 18.6 Å². The van der Waals surface area contributed by atoms with Gasteiger partial charge in [-0.05, 0) is 13.3 Å². The number of carbonyl (C=O) groups excluding carboxylic acids is 1. The van der Waals surface area contributed by atoms with Crippen LogP contribution in [0.4, 0.5) is 0 Å². The number of hydrogen-bond donors (Lipinski definition) is 1. The molecule has 0 saturated heterocycles. The second-order valence-corrected chi connectivity index (χ2v) is 8.07. The molecule has 0 spiro atoms. The van der Waals surface area contributed by atoms with Gasteiger partial charge in [0, 0.05) is 32.3 Å². The quantitative estimate of drug-likeness (QED) is 0.825. The van der Waals surface area contributed by atoms with E-state index in [9.17, 15) is 18.0 Å². The van der Waals surface area contributed by atoms with Gasteiger partial charge in [-0.3, -0.25) is 9.59 Å². The molecule has 3 rings (SSSR count). The molecule has 0 atom stereocenters. The summed E-state index contributed by atoms with van der Waals surface area (Å²) in [7, 11) is -0.873. The van der Waals surface area contributed by atoms with Crippen molar-refractivity contribution >= 4 is 15.9 Å². The van der Waals surface area contributed by atoms with E-state index < -0.39 is 15.9 Å². The Balaban J connectivity index is 1.89. The molecule has 3 heterocycles. The van der Waals surface area contributed by atoms with Crippen molar-refractivity contribution in [2.45, 2.75) is 24.8 Å². The number of H-pyrrole nitrogens is 1. The summed E-state index contributed by atoms with van der Waals surface area (Å²) in [6, 6.07) is 1.24. The predicted octanol–water partition coefficient (Wildman–Crippen LogP) is 0.120. The third-order valence-corrected chi connectivity index (χ3v) is 6.06. The second kappa shape index (κ2) is 6.12. The average molecular weight is 366 g/mol. The molecule has 25 heavy (non-hydrogen) atoms. The number of sulfonamides is 1. The standard InChI is InChI=1S/C15H18N4O5S/c1-9-13(25(22,23)18(2)3)6-12(24-9)15(21)19-5-4-10-11(7-19)16-8-17-14(10)20/h6,8H,4-5,7H2,1-3H3,(H,16,17,20). The van der Waals surface area contributed by atoms with Crippen molar-refractivity contribution < 1.29 is 17.6 Å². The lowest BCUT2D eigenvalue weighted by Crippen LogP contribution is -2.38. The van der Waals surface area contributed by atoms with Gasteiger partial charge in [0.15, 0.2) is 5.76 Å². The largest absolute Gasteiger partial charge is 0.455 e. The van der Waals surface area contributed by atoms with Crippen molar-refractivity contribution in [3.8, 4) is 0 Å². The van der Waals surface area contributed by atoms with E-state index in [0.29, 0.717) is 24.2 Å². The maximum absolute atomic E-state index is 12.7. The van der Waals surface area contributed by atoms with Crippen molar-refractivity contribution in [1.82, 2.24) is 19.2 Å². The lowest BCUT2D eigenvalue weighted by atomic mass is 10.1. The minimum Gasteiger partial charge on any atom is -0.455 e. The van der Waals surface area contributed by atoms with E-state index in [1.807, 2.05) is 0 Å². The molecule has 10 heteroatoms. The molecule has 1 N–H and O–H groups in total. The third kappa shape index (κ3) is 2.98. The molecule has 0 fully saturated rings. The van der Waals surface area contributed by atoms with Gasteiger partial charge < -0.3 is 14.3 Å². The Morgan fingerprint density at radius 1 is 1.40 bits per heavy atom. The number of rotatable bonds is 3. The van der Waals surface area contributed by atoms with Crippen LogP contribution in [0.3, 0.4) is 0 Å². The Labute approximate surface area is 144 Å². The van der Waals surface area contributed by atoms with Crippen molar-refractivity contribution in [3.63, 3.8) is 0 Å². The first-order valence-corrected chi connectivity index (χ1v) is 9.03. The first kappa shape index (κ1) is 17.4. The van der Waals surface area contributed by atoms with E-state index in [1.54, 1.807) is 0 Å². The van der Waals surface area contributed by atoms with E-state index in [2.05, 4.69) is 9.97 Å². The highest BCUT2D eigenvalue weighted by atomic mass is 32.2. The van der Waals surface area contributed by atoms with Crippen LogP contribution in [0.2, 0.25) is 0 Å². The number of furan rings is 1. The maximum atomic E-state index is 12.7.